The van der Waals surface area contributed by atoms with E-state index in [1.165, 1.54) is 11.8 Å². The number of esters is 1. The molecule has 7 heteroatoms. The van der Waals surface area contributed by atoms with Crippen molar-refractivity contribution >= 4 is 17.7 Å². The van der Waals surface area contributed by atoms with Gasteiger partial charge in [0.1, 0.15) is 0 Å². The van der Waals surface area contributed by atoms with Crippen molar-refractivity contribution in [2.24, 2.45) is 10.8 Å². The number of nitrogens with zero attached hydrogens (tertiary/aromatic N) is 3. The summed E-state index contributed by atoms with van der Waals surface area (Å²) in [6.07, 6.45) is 10.2. The van der Waals surface area contributed by atoms with Crippen LogP contribution in [0.4, 0.5) is 4.39 Å². The fourth-order valence-corrected chi connectivity index (χ4v) is 4.92. The summed E-state index contributed by atoms with van der Waals surface area (Å²) in [5.41, 5.74) is -0.545. The first-order valence-electron chi connectivity index (χ1n) is 9.22. The Bertz CT molecular complexity index is 771. The van der Waals surface area contributed by atoms with E-state index < -0.39 is 11.6 Å². The number of thioether (sulfide) groups is 1. The highest BCUT2D eigenvalue weighted by Crippen LogP contribution is 2.51. The molecule has 1 aromatic rings. The van der Waals surface area contributed by atoms with Crippen LogP contribution in [0.25, 0.3) is 0 Å². The van der Waals surface area contributed by atoms with Gasteiger partial charge in [0.15, 0.2) is 12.0 Å². The van der Waals surface area contributed by atoms with Gasteiger partial charge in [-0.1, -0.05) is 43.0 Å². The Morgan fingerprint density at radius 2 is 2.27 bits per heavy atom. The summed E-state index contributed by atoms with van der Waals surface area (Å²) in [5.74, 6) is 0.881. The maximum atomic E-state index is 14.6. The van der Waals surface area contributed by atoms with E-state index in [0.717, 1.165) is 19.3 Å². The Hall–Kier alpha value is -1.63. The lowest BCUT2D eigenvalue weighted by atomic mass is 9.76. The van der Waals surface area contributed by atoms with E-state index in [-0.39, 0.29) is 17.4 Å². The zero-order chi connectivity index (χ0) is 18.4. The maximum absolute atomic E-state index is 14.6. The number of halogens is 1. The van der Waals surface area contributed by atoms with Gasteiger partial charge in [0.05, 0.1) is 18.1 Å². The lowest BCUT2D eigenvalue weighted by molar-refractivity contribution is -0.148. The van der Waals surface area contributed by atoms with Gasteiger partial charge in [0.25, 0.3) is 0 Å². The fourth-order valence-electron chi connectivity index (χ4n) is 3.81. The average Bonchev–Trinajstić information content (AvgIpc) is 3.20. The van der Waals surface area contributed by atoms with Crippen LogP contribution in [0.5, 0.6) is 0 Å². The van der Waals surface area contributed by atoms with E-state index in [0.29, 0.717) is 29.8 Å². The normalized spacial score (nSPS) is 31.0. The standard InChI is InChI=1S/C19H24FN3O2S/c1-3-25-16(24)19(9-10-19)12-26-17-21-15-13(20)11-14(23(15)22-17)18(2)7-5-4-6-8-18/h4-7,13-14H,3,8-12H2,1-2H3/t13-,14-,18?/m0/s1. The Balaban J connectivity index is 1.49. The number of alkyl halides is 1. The summed E-state index contributed by atoms with van der Waals surface area (Å²) in [6.45, 7) is 4.36. The third kappa shape index (κ3) is 3.00. The molecular weight excluding hydrogens is 353 g/mol. The molecule has 1 fully saturated rings. The van der Waals surface area contributed by atoms with Crippen molar-refractivity contribution in [1.29, 1.82) is 0 Å². The molecule has 3 atom stereocenters. The van der Waals surface area contributed by atoms with Crippen LogP contribution in [0, 0.1) is 10.8 Å². The quantitative estimate of drug-likeness (QED) is 0.549. The van der Waals surface area contributed by atoms with Gasteiger partial charge in [-0.05, 0) is 26.2 Å². The maximum Gasteiger partial charge on any atom is 0.312 e. The van der Waals surface area contributed by atoms with E-state index in [4.69, 9.17) is 4.74 Å². The van der Waals surface area contributed by atoms with Crippen LogP contribution >= 0.6 is 11.8 Å². The Morgan fingerprint density at radius 3 is 2.92 bits per heavy atom. The number of carbonyl (C=O) groups excluding carboxylic acids is 1. The molecule has 4 rings (SSSR count). The van der Waals surface area contributed by atoms with E-state index in [2.05, 4.69) is 29.2 Å². The van der Waals surface area contributed by atoms with Crippen molar-refractivity contribution in [3.63, 3.8) is 0 Å². The summed E-state index contributed by atoms with van der Waals surface area (Å²) < 4.78 is 21.5. The lowest BCUT2D eigenvalue weighted by Gasteiger charge is -2.33. The van der Waals surface area contributed by atoms with Gasteiger partial charge in [-0.15, -0.1) is 5.10 Å². The first kappa shape index (κ1) is 17.8. The van der Waals surface area contributed by atoms with Gasteiger partial charge in [0, 0.05) is 17.6 Å². The van der Waals surface area contributed by atoms with Gasteiger partial charge in [0.2, 0.25) is 5.16 Å². The minimum atomic E-state index is -1.09. The van der Waals surface area contributed by atoms with Crippen LogP contribution in [0.2, 0.25) is 0 Å². The number of ether oxygens (including phenoxy) is 1. The summed E-state index contributed by atoms with van der Waals surface area (Å²) >= 11 is 1.44. The first-order chi connectivity index (χ1) is 12.5. The highest BCUT2D eigenvalue weighted by molar-refractivity contribution is 7.99. The summed E-state index contributed by atoms with van der Waals surface area (Å²) in [7, 11) is 0. The van der Waals surface area contributed by atoms with Crippen molar-refractivity contribution < 1.29 is 13.9 Å². The van der Waals surface area contributed by atoms with Gasteiger partial charge in [-0.3, -0.25) is 4.79 Å². The molecule has 1 aromatic heterocycles. The summed E-state index contributed by atoms with van der Waals surface area (Å²) in [6, 6.07) is -0.0320. The molecule has 3 aliphatic rings. The molecule has 2 heterocycles. The molecule has 26 heavy (non-hydrogen) atoms. The number of aromatic nitrogens is 3. The lowest BCUT2D eigenvalue weighted by Crippen LogP contribution is -2.27. The fraction of sp³-hybridized carbons (Fsp3) is 0.632. The van der Waals surface area contributed by atoms with E-state index in [1.807, 2.05) is 19.1 Å². The predicted octanol–water partition coefficient (Wildman–Crippen LogP) is 4.19. The van der Waals surface area contributed by atoms with Gasteiger partial charge < -0.3 is 4.74 Å². The van der Waals surface area contributed by atoms with Gasteiger partial charge in [-0.2, -0.15) is 0 Å². The van der Waals surface area contributed by atoms with Crippen LogP contribution in [-0.4, -0.2) is 33.1 Å². The molecule has 1 saturated carbocycles. The number of rotatable bonds is 6. The molecule has 1 unspecified atom stereocenters. The zero-order valence-corrected chi connectivity index (χ0v) is 16.0. The number of hydrogen-bond donors (Lipinski definition) is 0. The second kappa shape index (κ2) is 6.51. The molecule has 0 saturated heterocycles. The monoisotopic (exact) mass is 377 g/mol. The number of allylic oxidation sites excluding steroid dienone is 4. The molecular formula is C19H24FN3O2S. The second-order valence-electron chi connectivity index (χ2n) is 7.70. The first-order valence-corrected chi connectivity index (χ1v) is 10.2. The van der Waals surface area contributed by atoms with E-state index >= 15 is 0 Å². The number of carbonyl (C=O) groups is 1. The van der Waals surface area contributed by atoms with E-state index in [1.54, 1.807) is 4.68 Å². The Kier molecular flexibility index (Phi) is 4.45. The second-order valence-corrected chi connectivity index (χ2v) is 8.65. The predicted molar refractivity (Wildman–Crippen MR) is 97.6 cm³/mol. The summed E-state index contributed by atoms with van der Waals surface area (Å²) in [5, 5.41) is 5.15. The van der Waals surface area contributed by atoms with Crippen molar-refractivity contribution in [2.45, 2.75) is 56.9 Å². The average molecular weight is 377 g/mol. The topological polar surface area (TPSA) is 57.0 Å². The Morgan fingerprint density at radius 1 is 1.46 bits per heavy atom. The van der Waals surface area contributed by atoms with Gasteiger partial charge in [-0.25, -0.2) is 14.1 Å². The molecule has 2 aliphatic carbocycles. The highest BCUT2D eigenvalue weighted by atomic mass is 32.2. The van der Waals surface area contributed by atoms with Crippen molar-refractivity contribution in [3.05, 3.63) is 30.1 Å². The van der Waals surface area contributed by atoms with Crippen LogP contribution in [0.3, 0.4) is 0 Å². The van der Waals surface area contributed by atoms with Crippen LogP contribution in [0.1, 0.15) is 57.6 Å². The minimum absolute atomic E-state index is 0.0320. The molecule has 5 nitrogen and oxygen atoms in total. The molecule has 0 amide bonds. The van der Waals surface area contributed by atoms with Crippen molar-refractivity contribution in [3.8, 4) is 0 Å². The number of fused-ring (bicyclic) bond motifs is 1. The number of hydrogen-bond acceptors (Lipinski definition) is 5. The zero-order valence-electron chi connectivity index (χ0n) is 15.2. The highest BCUT2D eigenvalue weighted by Gasteiger charge is 2.51. The molecule has 140 valence electrons. The molecule has 0 bridgehead atoms. The van der Waals surface area contributed by atoms with Crippen molar-refractivity contribution in [1.82, 2.24) is 14.8 Å². The van der Waals surface area contributed by atoms with Crippen molar-refractivity contribution in [2.75, 3.05) is 12.4 Å². The van der Waals surface area contributed by atoms with Gasteiger partial charge >= 0.3 is 5.97 Å². The van der Waals surface area contributed by atoms with Crippen LogP contribution < -0.4 is 0 Å². The Labute approximate surface area is 157 Å². The molecule has 0 radical (unpaired) electrons. The van der Waals surface area contributed by atoms with Crippen LogP contribution in [-0.2, 0) is 9.53 Å². The SMILES string of the molecule is CCOC(=O)C1(CSc2nc3n(n2)[C@H](C2(C)C=CC=CC2)C[C@@H]3F)CC1. The summed E-state index contributed by atoms with van der Waals surface area (Å²) in [4.78, 5) is 16.5. The molecule has 0 aromatic carbocycles. The van der Waals surface area contributed by atoms with Crippen LogP contribution in [0.15, 0.2) is 29.5 Å². The molecule has 0 spiro atoms. The minimum Gasteiger partial charge on any atom is -0.466 e. The third-order valence-corrected chi connectivity index (χ3v) is 6.85. The smallest absolute Gasteiger partial charge is 0.312 e. The largest absolute Gasteiger partial charge is 0.466 e. The molecule has 0 N–H and O–H groups in total. The third-order valence-electron chi connectivity index (χ3n) is 5.73. The van der Waals surface area contributed by atoms with E-state index in [9.17, 15) is 9.18 Å². The molecule has 1 aliphatic heterocycles.